The number of aryl methyl sites for hydroxylation is 1. The van der Waals surface area contributed by atoms with Crippen molar-refractivity contribution in [3.8, 4) is 0 Å². The van der Waals surface area contributed by atoms with E-state index in [2.05, 4.69) is 20.3 Å². The Kier molecular flexibility index (Phi) is 5.43. The van der Waals surface area contributed by atoms with Crippen LogP contribution in [0.4, 0.5) is 0 Å². The Bertz CT molecular complexity index is 705. The van der Waals surface area contributed by atoms with Gasteiger partial charge in [-0.2, -0.15) is 0 Å². The van der Waals surface area contributed by atoms with Crippen LogP contribution in [0.15, 0.2) is 24.8 Å². The van der Waals surface area contributed by atoms with Crippen LogP contribution in [-0.4, -0.2) is 32.0 Å². The van der Waals surface area contributed by atoms with E-state index in [1.165, 1.54) is 0 Å². The van der Waals surface area contributed by atoms with E-state index in [-0.39, 0.29) is 12.5 Å². The molecule has 1 N–H and O–H groups in total. The molecule has 1 aliphatic heterocycles. The molecule has 1 aliphatic rings. The molecule has 1 saturated heterocycles. The van der Waals surface area contributed by atoms with Crippen LogP contribution in [0.1, 0.15) is 50.3 Å². The minimum Gasteiger partial charge on any atom is -0.367 e. The highest BCUT2D eigenvalue weighted by atomic mass is 16.5. The predicted molar refractivity (Wildman–Crippen MR) is 92.6 cm³/mol. The summed E-state index contributed by atoms with van der Waals surface area (Å²) in [5.41, 5.74) is 0.482. The van der Waals surface area contributed by atoms with Gasteiger partial charge in [0.05, 0.1) is 0 Å². The molecule has 1 amide bonds. The Morgan fingerprint density at radius 3 is 2.80 bits per heavy atom. The average Bonchev–Trinajstić information content (AvgIpc) is 3.08. The summed E-state index contributed by atoms with van der Waals surface area (Å²) in [6.45, 7) is 5.50. The lowest BCUT2D eigenvalue weighted by Crippen LogP contribution is -2.32. The van der Waals surface area contributed by atoms with E-state index in [0.717, 1.165) is 43.7 Å². The fourth-order valence-electron chi connectivity index (χ4n) is 3.04. The number of nitrogens with one attached hydrogen (secondary N) is 1. The standard InChI is InChI=1S/C18H25N5O2/c1-3-15-19-7-8-23(15)13-16(24)20-10-14-11-21-17(22-12-14)18(2)6-4-5-9-25-18/h7-8,11-12H,3-6,9-10,13H2,1-2H3,(H,20,24)/t18-/m0/s1. The van der Waals surface area contributed by atoms with Crippen molar-refractivity contribution in [2.45, 2.75) is 58.2 Å². The van der Waals surface area contributed by atoms with Crippen LogP contribution in [-0.2, 0) is 34.6 Å². The average molecular weight is 343 g/mol. The number of imidazole rings is 1. The van der Waals surface area contributed by atoms with E-state index >= 15 is 0 Å². The maximum atomic E-state index is 12.1. The zero-order chi connectivity index (χ0) is 17.7. The lowest BCUT2D eigenvalue weighted by molar-refractivity contribution is -0.121. The Morgan fingerprint density at radius 1 is 1.32 bits per heavy atom. The summed E-state index contributed by atoms with van der Waals surface area (Å²) in [6.07, 6.45) is 11.0. The molecule has 0 bridgehead atoms. The van der Waals surface area contributed by atoms with Crippen molar-refractivity contribution in [1.29, 1.82) is 0 Å². The van der Waals surface area contributed by atoms with Gasteiger partial charge in [0, 0.05) is 49.9 Å². The molecule has 0 aliphatic carbocycles. The molecule has 7 nitrogen and oxygen atoms in total. The topological polar surface area (TPSA) is 81.9 Å². The molecule has 1 atom stereocenters. The van der Waals surface area contributed by atoms with Crippen LogP contribution >= 0.6 is 0 Å². The van der Waals surface area contributed by atoms with Crippen molar-refractivity contribution in [3.63, 3.8) is 0 Å². The second-order valence-corrected chi connectivity index (χ2v) is 6.55. The summed E-state index contributed by atoms with van der Waals surface area (Å²) in [6, 6.07) is 0. The van der Waals surface area contributed by atoms with Gasteiger partial charge in [-0.15, -0.1) is 0 Å². The monoisotopic (exact) mass is 343 g/mol. The van der Waals surface area contributed by atoms with E-state index < -0.39 is 5.60 Å². The van der Waals surface area contributed by atoms with Crippen LogP contribution in [0.25, 0.3) is 0 Å². The molecular formula is C18H25N5O2. The Labute approximate surface area is 147 Å². The molecule has 1 fully saturated rings. The molecule has 0 saturated carbocycles. The van der Waals surface area contributed by atoms with E-state index in [1.807, 2.05) is 24.6 Å². The first-order valence-corrected chi connectivity index (χ1v) is 8.83. The predicted octanol–water partition coefficient (Wildman–Crippen LogP) is 1.97. The maximum Gasteiger partial charge on any atom is 0.240 e. The SMILES string of the molecule is CCc1nccn1CC(=O)NCc1cnc([C@]2(C)CCCCO2)nc1. The Morgan fingerprint density at radius 2 is 2.12 bits per heavy atom. The van der Waals surface area contributed by atoms with Crippen LogP contribution in [0.3, 0.4) is 0 Å². The van der Waals surface area contributed by atoms with Gasteiger partial charge in [-0.25, -0.2) is 15.0 Å². The summed E-state index contributed by atoms with van der Waals surface area (Å²) in [7, 11) is 0. The van der Waals surface area contributed by atoms with E-state index in [0.29, 0.717) is 12.4 Å². The lowest BCUT2D eigenvalue weighted by Gasteiger charge is -2.32. The second kappa shape index (κ2) is 7.74. The van der Waals surface area contributed by atoms with Gasteiger partial charge < -0.3 is 14.6 Å². The maximum absolute atomic E-state index is 12.1. The van der Waals surface area contributed by atoms with Crippen LogP contribution in [0.2, 0.25) is 0 Å². The molecule has 25 heavy (non-hydrogen) atoms. The minimum absolute atomic E-state index is 0.0562. The van der Waals surface area contributed by atoms with E-state index in [9.17, 15) is 4.79 Å². The largest absolute Gasteiger partial charge is 0.367 e. The molecule has 3 heterocycles. The third kappa shape index (κ3) is 4.22. The van der Waals surface area contributed by atoms with Gasteiger partial charge in [-0.1, -0.05) is 6.92 Å². The first kappa shape index (κ1) is 17.5. The number of rotatable bonds is 6. The minimum atomic E-state index is -0.391. The van der Waals surface area contributed by atoms with Gasteiger partial charge in [-0.3, -0.25) is 4.79 Å². The van der Waals surface area contributed by atoms with Crippen molar-refractivity contribution in [2.24, 2.45) is 0 Å². The number of amides is 1. The van der Waals surface area contributed by atoms with Gasteiger partial charge in [-0.05, 0) is 26.2 Å². The molecular weight excluding hydrogens is 318 g/mol. The Hall–Kier alpha value is -2.28. The summed E-state index contributed by atoms with van der Waals surface area (Å²) in [5.74, 6) is 1.57. The highest BCUT2D eigenvalue weighted by molar-refractivity contribution is 5.75. The molecule has 0 spiro atoms. The zero-order valence-electron chi connectivity index (χ0n) is 14.9. The number of aromatic nitrogens is 4. The van der Waals surface area contributed by atoms with Crippen molar-refractivity contribution in [1.82, 2.24) is 24.8 Å². The molecule has 2 aromatic heterocycles. The first-order chi connectivity index (χ1) is 12.1. The van der Waals surface area contributed by atoms with Gasteiger partial charge in [0.1, 0.15) is 18.0 Å². The fourth-order valence-corrected chi connectivity index (χ4v) is 3.04. The van der Waals surface area contributed by atoms with E-state index in [4.69, 9.17) is 4.74 Å². The number of hydrogen-bond donors (Lipinski definition) is 1. The summed E-state index contributed by atoms with van der Waals surface area (Å²) in [5, 5.41) is 2.90. The third-order valence-electron chi connectivity index (χ3n) is 4.57. The zero-order valence-corrected chi connectivity index (χ0v) is 14.9. The molecule has 2 aromatic rings. The van der Waals surface area contributed by atoms with E-state index in [1.54, 1.807) is 18.6 Å². The fraction of sp³-hybridized carbons (Fsp3) is 0.556. The number of hydrogen-bond acceptors (Lipinski definition) is 5. The molecule has 134 valence electrons. The molecule has 0 radical (unpaired) electrons. The molecule has 7 heteroatoms. The molecule has 3 rings (SSSR count). The number of carbonyl (C=O) groups is 1. The van der Waals surface area contributed by atoms with Crippen molar-refractivity contribution >= 4 is 5.91 Å². The van der Waals surface area contributed by atoms with Crippen molar-refractivity contribution in [3.05, 3.63) is 42.0 Å². The summed E-state index contributed by atoms with van der Waals surface area (Å²) < 4.78 is 7.72. The summed E-state index contributed by atoms with van der Waals surface area (Å²) in [4.78, 5) is 25.2. The Balaban J connectivity index is 1.54. The third-order valence-corrected chi connectivity index (χ3v) is 4.57. The number of carbonyl (C=O) groups excluding carboxylic acids is 1. The van der Waals surface area contributed by atoms with Gasteiger partial charge in [0.2, 0.25) is 5.91 Å². The van der Waals surface area contributed by atoms with Crippen LogP contribution < -0.4 is 5.32 Å². The van der Waals surface area contributed by atoms with Crippen molar-refractivity contribution < 1.29 is 9.53 Å². The summed E-state index contributed by atoms with van der Waals surface area (Å²) >= 11 is 0. The number of ether oxygens (including phenoxy) is 1. The lowest BCUT2D eigenvalue weighted by atomic mass is 9.95. The van der Waals surface area contributed by atoms with Crippen LogP contribution in [0.5, 0.6) is 0 Å². The highest BCUT2D eigenvalue weighted by Crippen LogP contribution is 2.32. The van der Waals surface area contributed by atoms with Crippen molar-refractivity contribution in [2.75, 3.05) is 6.61 Å². The van der Waals surface area contributed by atoms with Gasteiger partial charge >= 0.3 is 0 Å². The second-order valence-electron chi connectivity index (χ2n) is 6.55. The van der Waals surface area contributed by atoms with Gasteiger partial charge in [0.15, 0.2) is 5.82 Å². The molecule has 0 aromatic carbocycles. The number of nitrogens with zero attached hydrogens (tertiary/aromatic N) is 4. The molecule has 0 unspecified atom stereocenters. The smallest absolute Gasteiger partial charge is 0.240 e. The van der Waals surface area contributed by atoms with Crippen LogP contribution in [0, 0.1) is 0 Å². The normalized spacial score (nSPS) is 20.4. The highest BCUT2D eigenvalue weighted by Gasteiger charge is 2.32. The quantitative estimate of drug-likeness (QED) is 0.867. The van der Waals surface area contributed by atoms with Gasteiger partial charge in [0.25, 0.3) is 0 Å². The first-order valence-electron chi connectivity index (χ1n) is 8.83.